The summed E-state index contributed by atoms with van der Waals surface area (Å²) < 4.78 is 10.8. The van der Waals surface area contributed by atoms with Crippen LogP contribution in [0.4, 0.5) is 0 Å². The van der Waals surface area contributed by atoms with E-state index in [9.17, 15) is 5.11 Å². The maximum atomic E-state index is 9.42. The second-order valence-corrected chi connectivity index (χ2v) is 3.42. The molecule has 1 heterocycles. The lowest BCUT2D eigenvalue weighted by Crippen LogP contribution is -2.44. The van der Waals surface area contributed by atoms with Crippen molar-refractivity contribution in [1.29, 1.82) is 0 Å². The van der Waals surface area contributed by atoms with Crippen molar-refractivity contribution in [2.45, 2.75) is 38.3 Å². The second kappa shape index (κ2) is 3.56. The van der Waals surface area contributed by atoms with Crippen molar-refractivity contribution in [3.63, 3.8) is 0 Å². The standard InChI is InChI=1S/C9H16O3/c1-4-7(10)8-5-6-11-9(2,3)12-8/h4,7-8,10H,1,5-6H2,2-3H3/t7-,8?/m1/s1. The molecule has 1 saturated heterocycles. The van der Waals surface area contributed by atoms with Gasteiger partial charge in [0.1, 0.15) is 0 Å². The van der Waals surface area contributed by atoms with Crippen LogP contribution >= 0.6 is 0 Å². The van der Waals surface area contributed by atoms with E-state index < -0.39 is 11.9 Å². The molecule has 1 unspecified atom stereocenters. The van der Waals surface area contributed by atoms with E-state index in [1.165, 1.54) is 6.08 Å². The van der Waals surface area contributed by atoms with E-state index in [2.05, 4.69) is 6.58 Å². The fourth-order valence-electron chi connectivity index (χ4n) is 1.27. The molecule has 1 aliphatic heterocycles. The fourth-order valence-corrected chi connectivity index (χ4v) is 1.27. The molecule has 1 fully saturated rings. The van der Waals surface area contributed by atoms with Gasteiger partial charge in [0.25, 0.3) is 0 Å². The fraction of sp³-hybridized carbons (Fsp3) is 0.778. The highest BCUT2D eigenvalue weighted by atomic mass is 16.7. The molecule has 0 saturated carbocycles. The number of ether oxygens (including phenoxy) is 2. The Balaban J connectivity index is 2.51. The molecular formula is C9H16O3. The third kappa shape index (κ3) is 2.30. The molecule has 12 heavy (non-hydrogen) atoms. The van der Waals surface area contributed by atoms with Gasteiger partial charge in [0.05, 0.1) is 18.8 Å². The zero-order valence-corrected chi connectivity index (χ0v) is 7.62. The van der Waals surface area contributed by atoms with Crippen molar-refractivity contribution in [3.05, 3.63) is 12.7 Å². The summed E-state index contributed by atoms with van der Waals surface area (Å²) >= 11 is 0. The molecule has 0 aromatic rings. The first-order valence-corrected chi connectivity index (χ1v) is 4.17. The van der Waals surface area contributed by atoms with Crippen molar-refractivity contribution < 1.29 is 14.6 Å². The lowest BCUT2D eigenvalue weighted by Gasteiger charge is -2.37. The topological polar surface area (TPSA) is 38.7 Å². The number of aliphatic hydroxyl groups excluding tert-OH is 1. The second-order valence-electron chi connectivity index (χ2n) is 3.42. The van der Waals surface area contributed by atoms with Crippen LogP contribution in [0.1, 0.15) is 20.3 Å². The molecule has 0 aliphatic carbocycles. The van der Waals surface area contributed by atoms with Gasteiger partial charge in [0.2, 0.25) is 0 Å². The van der Waals surface area contributed by atoms with E-state index in [-0.39, 0.29) is 6.10 Å². The monoisotopic (exact) mass is 172 g/mol. The van der Waals surface area contributed by atoms with Gasteiger partial charge >= 0.3 is 0 Å². The number of hydrogen-bond donors (Lipinski definition) is 1. The van der Waals surface area contributed by atoms with Gasteiger partial charge in [0.15, 0.2) is 5.79 Å². The van der Waals surface area contributed by atoms with Gasteiger partial charge in [-0.3, -0.25) is 0 Å². The summed E-state index contributed by atoms with van der Waals surface area (Å²) in [6.45, 7) is 7.82. The van der Waals surface area contributed by atoms with Crippen molar-refractivity contribution in [1.82, 2.24) is 0 Å². The summed E-state index contributed by atoms with van der Waals surface area (Å²) in [7, 11) is 0. The third-order valence-electron chi connectivity index (χ3n) is 1.91. The summed E-state index contributed by atoms with van der Waals surface area (Å²) in [5.41, 5.74) is 0. The largest absolute Gasteiger partial charge is 0.386 e. The van der Waals surface area contributed by atoms with Crippen LogP contribution in [0.25, 0.3) is 0 Å². The highest BCUT2D eigenvalue weighted by molar-refractivity contribution is 4.87. The normalized spacial score (nSPS) is 31.1. The quantitative estimate of drug-likeness (QED) is 0.633. The molecule has 0 spiro atoms. The molecule has 2 atom stereocenters. The molecule has 70 valence electrons. The van der Waals surface area contributed by atoms with E-state index in [0.29, 0.717) is 6.61 Å². The first-order valence-electron chi connectivity index (χ1n) is 4.17. The van der Waals surface area contributed by atoms with Gasteiger partial charge in [0, 0.05) is 6.42 Å². The number of rotatable bonds is 2. The summed E-state index contributed by atoms with van der Waals surface area (Å²) in [5.74, 6) is -0.576. The lowest BCUT2D eigenvalue weighted by molar-refractivity contribution is -0.284. The van der Waals surface area contributed by atoms with Crippen LogP contribution in [0.5, 0.6) is 0 Å². The zero-order valence-electron chi connectivity index (χ0n) is 7.62. The molecule has 0 aromatic heterocycles. The average molecular weight is 172 g/mol. The molecular weight excluding hydrogens is 156 g/mol. The van der Waals surface area contributed by atoms with Crippen LogP contribution in [0.15, 0.2) is 12.7 Å². The van der Waals surface area contributed by atoms with Crippen LogP contribution in [0.3, 0.4) is 0 Å². The predicted octanol–water partition coefficient (Wildman–Crippen LogP) is 1.07. The Morgan fingerprint density at radius 2 is 2.33 bits per heavy atom. The SMILES string of the molecule is C=C[C@@H](O)C1CCOC(C)(C)O1. The Morgan fingerprint density at radius 3 is 2.83 bits per heavy atom. The lowest BCUT2D eigenvalue weighted by atomic mass is 10.1. The van der Waals surface area contributed by atoms with E-state index in [4.69, 9.17) is 9.47 Å². The number of hydrogen-bond acceptors (Lipinski definition) is 3. The highest BCUT2D eigenvalue weighted by Crippen LogP contribution is 2.23. The van der Waals surface area contributed by atoms with Gasteiger partial charge in [-0.2, -0.15) is 0 Å². The third-order valence-corrected chi connectivity index (χ3v) is 1.91. The minimum absolute atomic E-state index is 0.175. The molecule has 3 heteroatoms. The first kappa shape index (κ1) is 9.71. The van der Waals surface area contributed by atoms with Crippen LogP contribution in [-0.2, 0) is 9.47 Å². The van der Waals surface area contributed by atoms with Gasteiger partial charge in [-0.25, -0.2) is 0 Å². The molecule has 1 rings (SSSR count). The van der Waals surface area contributed by atoms with Crippen LogP contribution in [-0.4, -0.2) is 29.7 Å². The molecule has 0 amide bonds. The summed E-state index contributed by atoms with van der Waals surface area (Å²) in [5, 5.41) is 9.42. The Kier molecular flexibility index (Phi) is 2.88. The Bertz CT molecular complexity index is 165. The van der Waals surface area contributed by atoms with E-state index in [1.54, 1.807) is 0 Å². The van der Waals surface area contributed by atoms with Crippen molar-refractivity contribution in [2.75, 3.05) is 6.61 Å². The summed E-state index contributed by atoms with van der Waals surface area (Å²) in [6.07, 6.45) is 1.45. The van der Waals surface area contributed by atoms with Crippen LogP contribution < -0.4 is 0 Å². The molecule has 0 radical (unpaired) electrons. The molecule has 0 aromatic carbocycles. The maximum Gasteiger partial charge on any atom is 0.163 e. The zero-order chi connectivity index (χ0) is 9.19. The van der Waals surface area contributed by atoms with Crippen molar-refractivity contribution >= 4 is 0 Å². The minimum Gasteiger partial charge on any atom is -0.386 e. The van der Waals surface area contributed by atoms with E-state index >= 15 is 0 Å². The summed E-state index contributed by atoms with van der Waals surface area (Å²) in [6, 6.07) is 0. The van der Waals surface area contributed by atoms with E-state index in [0.717, 1.165) is 6.42 Å². The highest BCUT2D eigenvalue weighted by Gasteiger charge is 2.32. The minimum atomic E-state index is -0.590. The van der Waals surface area contributed by atoms with Gasteiger partial charge in [-0.15, -0.1) is 6.58 Å². The maximum absolute atomic E-state index is 9.42. The smallest absolute Gasteiger partial charge is 0.163 e. The van der Waals surface area contributed by atoms with Crippen LogP contribution in [0.2, 0.25) is 0 Å². The number of aliphatic hydroxyl groups is 1. The van der Waals surface area contributed by atoms with Gasteiger partial charge in [-0.05, 0) is 13.8 Å². The van der Waals surface area contributed by atoms with Gasteiger partial charge < -0.3 is 14.6 Å². The Labute approximate surface area is 73.0 Å². The van der Waals surface area contributed by atoms with Crippen LogP contribution in [0, 0.1) is 0 Å². The van der Waals surface area contributed by atoms with Gasteiger partial charge in [-0.1, -0.05) is 6.08 Å². The Morgan fingerprint density at radius 1 is 1.67 bits per heavy atom. The molecule has 1 aliphatic rings. The summed E-state index contributed by atoms with van der Waals surface area (Å²) in [4.78, 5) is 0. The van der Waals surface area contributed by atoms with Crippen molar-refractivity contribution in [3.8, 4) is 0 Å². The van der Waals surface area contributed by atoms with E-state index in [1.807, 2.05) is 13.8 Å². The van der Waals surface area contributed by atoms with Crippen molar-refractivity contribution in [2.24, 2.45) is 0 Å². The predicted molar refractivity (Wildman–Crippen MR) is 45.7 cm³/mol. The first-order chi connectivity index (χ1) is 5.55. The average Bonchev–Trinajstić information content (AvgIpc) is 2.01. The molecule has 0 bridgehead atoms. The molecule has 3 nitrogen and oxygen atoms in total. The molecule has 1 N–H and O–H groups in total. The Hall–Kier alpha value is -0.380.